The molecule has 0 saturated carbocycles. The van der Waals surface area contributed by atoms with Crippen LogP contribution in [-0.4, -0.2) is 38.3 Å². The number of nitrogens with one attached hydrogen (secondary N) is 1. The minimum atomic E-state index is -0.221. The van der Waals surface area contributed by atoms with Gasteiger partial charge in [-0.05, 0) is 25.5 Å². The molecule has 0 bridgehead atoms. The van der Waals surface area contributed by atoms with Crippen LogP contribution in [0.2, 0.25) is 0 Å². The van der Waals surface area contributed by atoms with Crippen LogP contribution in [0.15, 0.2) is 12.3 Å². The van der Waals surface area contributed by atoms with Crippen LogP contribution in [0.3, 0.4) is 0 Å². The highest BCUT2D eigenvalue weighted by atomic mass is 19.1. The van der Waals surface area contributed by atoms with Gasteiger partial charge in [0.1, 0.15) is 0 Å². The maximum absolute atomic E-state index is 14.4. The third kappa shape index (κ3) is 3.04. The molecule has 2 heterocycles. The van der Waals surface area contributed by atoms with Gasteiger partial charge < -0.3 is 15.0 Å². The molecule has 106 valence electrons. The molecule has 1 aromatic rings. The number of hydrogen-bond donors (Lipinski definition) is 1. The van der Waals surface area contributed by atoms with Crippen molar-refractivity contribution in [2.45, 2.75) is 26.0 Å². The fourth-order valence-corrected chi connectivity index (χ4v) is 2.55. The quantitative estimate of drug-likeness (QED) is 0.902. The average molecular weight is 267 g/mol. The molecule has 1 fully saturated rings. The molecule has 1 aliphatic heterocycles. The molecule has 0 aliphatic carbocycles. The van der Waals surface area contributed by atoms with Gasteiger partial charge in [-0.3, -0.25) is 0 Å². The first-order valence-electron chi connectivity index (χ1n) is 6.73. The van der Waals surface area contributed by atoms with Crippen LogP contribution < -0.4 is 10.2 Å². The number of halogens is 1. The number of pyridine rings is 1. The van der Waals surface area contributed by atoms with Crippen LogP contribution >= 0.6 is 0 Å². The Morgan fingerprint density at radius 2 is 2.37 bits per heavy atom. The van der Waals surface area contributed by atoms with E-state index in [9.17, 15) is 4.39 Å². The summed E-state index contributed by atoms with van der Waals surface area (Å²) in [6.45, 7) is 4.21. The number of anilines is 1. The van der Waals surface area contributed by atoms with E-state index in [2.05, 4.69) is 17.2 Å². The van der Waals surface area contributed by atoms with E-state index in [-0.39, 0.29) is 11.9 Å². The third-order valence-electron chi connectivity index (χ3n) is 3.81. The second-order valence-corrected chi connectivity index (χ2v) is 5.12. The van der Waals surface area contributed by atoms with E-state index in [4.69, 9.17) is 4.74 Å². The molecule has 1 N–H and O–H groups in total. The molecule has 1 saturated heterocycles. The Balaban J connectivity index is 2.20. The van der Waals surface area contributed by atoms with E-state index in [0.717, 1.165) is 13.0 Å². The van der Waals surface area contributed by atoms with Crippen LogP contribution in [0.25, 0.3) is 0 Å². The molecule has 1 aliphatic rings. The summed E-state index contributed by atoms with van der Waals surface area (Å²) in [5.74, 6) is 0.729. The third-order valence-corrected chi connectivity index (χ3v) is 3.81. The van der Waals surface area contributed by atoms with Crippen LogP contribution in [-0.2, 0) is 11.3 Å². The zero-order valence-electron chi connectivity index (χ0n) is 11.8. The molecule has 0 spiro atoms. The summed E-state index contributed by atoms with van der Waals surface area (Å²) in [6, 6.07) is 1.72. The van der Waals surface area contributed by atoms with Gasteiger partial charge >= 0.3 is 0 Å². The number of nitrogens with zero attached hydrogens (tertiary/aromatic N) is 2. The molecular formula is C14H22FN3O. The van der Waals surface area contributed by atoms with E-state index in [1.54, 1.807) is 19.4 Å². The van der Waals surface area contributed by atoms with Crippen molar-refractivity contribution < 1.29 is 9.13 Å². The molecule has 0 aromatic carbocycles. The van der Waals surface area contributed by atoms with Gasteiger partial charge in [0.15, 0.2) is 11.6 Å². The summed E-state index contributed by atoms with van der Waals surface area (Å²) in [6.07, 6.45) is 2.81. The maximum Gasteiger partial charge on any atom is 0.170 e. The highest BCUT2D eigenvalue weighted by molar-refractivity contribution is 5.43. The molecule has 2 unspecified atom stereocenters. The molecule has 0 amide bonds. The van der Waals surface area contributed by atoms with Crippen LogP contribution in [0.4, 0.5) is 10.2 Å². The van der Waals surface area contributed by atoms with Gasteiger partial charge in [0.25, 0.3) is 0 Å². The van der Waals surface area contributed by atoms with Crippen LogP contribution in [0, 0.1) is 11.7 Å². The average Bonchev–Trinajstić information content (AvgIpc) is 2.42. The van der Waals surface area contributed by atoms with Gasteiger partial charge in [-0.25, -0.2) is 9.37 Å². The maximum atomic E-state index is 14.4. The zero-order valence-corrected chi connectivity index (χ0v) is 11.8. The van der Waals surface area contributed by atoms with Crippen LogP contribution in [0.5, 0.6) is 0 Å². The van der Waals surface area contributed by atoms with E-state index in [1.165, 1.54) is 0 Å². The Bertz CT molecular complexity index is 427. The Hall–Kier alpha value is -1.20. The van der Waals surface area contributed by atoms with Crippen molar-refractivity contribution >= 4 is 5.82 Å². The van der Waals surface area contributed by atoms with Gasteiger partial charge in [-0.1, -0.05) is 6.92 Å². The normalized spacial score (nSPS) is 23.7. The molecule has 2 atom stereocenters. The van der Waals surface area contributed by atoms with Crippen molar-refractivity contribution in [2.75, 3.05) is 32.1 Å². The number of hydrogen-bond acceptors (Lipinski definition) is 4. The first kappa shape index (κ1) is 14.2. The van der Waals surface area contributed by atoms with Crippen molar-refractivity contribution in [1.29, 1.82) is 0 Å². The largest absolute Gasteiger partial charge is 0.379 e. The fourth-order valence-electron chi connectivity index (χ4n) is 2.55. The number of piperidine rings is 1. The molecule has 2 rings (SSSR count). The topological polar surface area (TPSA) is 37.4 Å². The summed E-state index contributed by atoms with van der Waals surface area (Å²) in [5.41, 5.74) is 0.653. The Kier molecular flexibility index (Phi) is 4.71. The standard InChI is InChI=1S/C14H22FN3O/c1-10-5-7-18(9-12(10)19-3)14-13(15)11(8-16-2)4-6-17-14/h4,6,10,12,16H,5,7-9H2,1-3H3. The predicted molar refractivity (Wildman–Crippen MR) is 73.7 cm³/mol. The first-order valence-corrected chi connectivity index (χ1v) is 6.73. The Morgan fingerprint density at radius 1 is 1.58 bits per heavy atom. The Labute approximate surface area is 114 Å². The van der Waals surface area contributed by atoms with Crippen molar-refractivity contribution in [3.8, 4) is 0 Å². The minimum absolute atomic E-state index is 0.142. The minimum Gasteiger partial charge on any atom is -0.379 e. The van der Waals surface area contributed by atoms with Crippen LogP contribution in [0.1, 0.15) is 18.9 Å². The summed E-state index contributed by atoms with van der Waals surface area (Å²) < 4.78 is 19.9. The lowest BCUT2D eigenvalue weighted by molar-refractivity contribution is 0.0494. The van der Waals surface area contributed by atoms with E-state index in [0.29, 0.717) is 30.4 Å². The van der Waals surface area contributed by atoms with Gasteiger partial charge in [0.05, 0.1) is 6.10 Å². The van der Waals surface area contributed by atoms with E-state index < -0.39 is 0 Å². The van der Waals surface area contributed by atoms with E-state index in [1.807, 2.05) is 11.9 Å². The summed E-state index contributed by atoms with van der Waals surface area (Å²) in [5, 5.41) is 2.97. The van der Waals surface area contributed by atoms with Gasteiger partial charge in [-0.15, -0.1) is 0 Å². The molecule has 1 aromatic heterocycles. The highest BCUT2D eigenvalue weighted by Gasteiger charge is 2.28. The lowest BCUT2D eigenvalue weighted by Crippen LogP contribution is -2.44. The van der Waals surface area contributed by atoms with Crippen molar-refractivity contribution in [3.63, 3.8) is 0 Å². The second kappa shape index (κ2) is 6.30. The highest BCUT2D eigenvalue weighted by Crippen LogP contribution is 2.26. The van der Waals surface area contributed by atoms with Crippen molar-refractivity contribution in [3.05, 3.63) is 23.6 Å². The number of aromatic nitrogens is 1. The molecule has 19 heavy (non-hydrogen) atoms. The van der Waals surface area contributed by atoms with E-state index >= 15 is 0 Å². The summed E-state index contributed by atoms with van der Waals surface area (Å²) >= 11 is 0. The predicted octanol–water partition coefficient (Wildman–Crippen LogP) is 1.80. The van der Waals surface area contributed by atoms with Gasteiger partial charge in [-0.2, -0.15) is 0 Å². The van der Waals surface area contributed by atoms with Gasteiger partial charge in [0.2, 0.25) is 0 Å². The second-order valence-electron chi connectivity index (χ2n) is 5.12. The van der Waals surface area contributed by atoms with Gasteiger partial charge in [0, 0.05) is 38.5 Å². The lowest BCUT2D eigenvalue weighted by Gasteiger charge is -2.37. The van der Waals surface area contributed by atoms with Crippen molar-refractivity contribution in [2.24, 2.45) is 5.92 Å². The number of methoxy groups -OCH3 is 1. The number of ether oxygens (including phenoxy) is 1. The smallest absolute Gasteiger partial charge is 0.170 e. The van der Waals surface area contributed by atoms with Crippen molar-refractivity contribution in [1.82, 2.24) is 10.3 Å². The fraction of sp³-hybridized carbons (Fsp3) is 0.643. The summed E-state index contributed by atoms with van der Waals surface area (Å²) in [4.78, 5) is 6.19. The SMILES string of the molecule is CNCc1ccnc(N2CCC(C)C(OC)C2)c1F. The summed E-state index contributed by atoms with van der Waals surface area (Å²) in [7, 11) is 3.52. The monoisotopic (exact) mass is 267 g/mol. The lowest BCUT2D eigenvalue weighted by atomic mass is 9.96. The molecule has 0 radical (unpaired) electrons. The first-order chi connectivity index (χ1) is 9.17. The Morgan fingerprint density at radius 3 is 3.05 bits per heavy atom. The molecular weight excluding hydrogens is 245 g/mol. The zero-order chi connectivity index (χ0) is 13.8. The molecule has 5 heteroatoms. The number of rotatable bonds is 4. The molecule has 4 nitrogen and oxygen atoms in total.